The van der Waals surface area contributed by atoms with Crippen LogP contribution in [-0.4, -0.2) is 31.1 Å². The molecule has 84 valence electrons. The van der Waals surface area contributed by atoms with E-state index in [1.165, 1.54) is 25.9 Å². The molecule has 0 saturated carbocycles. The summed E-state index contributed by atoms with van der Waals surface area (Å²) >= 11 is 1.90. The van der Waals surface area contributed by atoms with Crippen LogP contribution in [-0.2, 0) is 0 Å². The van der Waals surface area contributed by atoms with Gasteiger partial charge in [-0.2, -0.15) is 0 Å². The van der Waals surface area contributed by atoms with Gasteiger partial charge in [-0.25, -0.2) is 0 Å². The SMILES string of the molecule is CCC[C@H](c1cccs1)N1CCNCC1. The van der Waals surface area contributed by atoms with Crippen molar-refractivity contribution < 1.29 is 0 Å². The molecule has 2 nitrogen and oxygen atoms in total. The summed E-state index contributed by atoms with van der Waals surface area (Å²) in [4.78, 5) is 4.17. The monoisotopic (exact) mass is 224 g/mol. The summed E-state index contributed by atoms with van der Waals surface area (Å²) in [6, 6.07) is 5.12. The normalized spacial score (nSPS) is 20.3. The van der Waals surface area contributed by atoms with Crippen LogP contribution in [0.25, 0.3) is 0 Å². The first kappa shape index (κ1) is 11.1. The molecule has 0 radical (unpaired) electrons. The predicted molar refractivity (Wildman–Crippen MR) is 66.4 cm³/mol. The van der Waals surface area contributed by atoms with Crippen molar-refractivity contribution in [3.05, 3.63) is 22.4 Å². The Morgan fingerprint density at radius 2 is 2.27 bits per heavy atom. The van der Waals surface area contributed by atoms with Crippen LogP contribution in [0.1, 0.15) is 30.7 Å². The zero-order valence-corrected chi connectivity index (χ0v) is 10.2. The maximum Gasteiger partial charge on any atom is 0.0442 e. The van der Waals surface area contributed by atoms with Crippen LogP contribution in [0.4, 0.5) is 0 Å². The Hall–Kier alpha value is -0.380. The van der Waals surface area contributed by atoms with E-state index in [0.29, 0.717) is 6.04 Å². The molecule has 1 aliphatic rings. The zero-order valence-electron chi connectivity index (χ0n) is 9.41. The second kappa shape index (κ2) is 5.64. The molecule has 0 bridgehead atoms. The van der Waals surface area contributed by atoms with Crippen molar-refractivity contribution in [2.75, 3.05) is 26.2 Å². The molecular formula is C12H20N2S. The van der Waals surface area contributed by atoms with Gasteiger partial charge in [0.1, 0.15) is 0 Å². The fourth-order valence-electron chi connectivity index (χ4n) is 2.25. The molecule has 3 heteroatoms. The second-order valence-electron chi connectivity index (χ2n) is 4.11. The summed E-state index contributed by atoms with van der Waals surface area (Å²) in [5, 5.41) is 5.61. The maximum atomic E-state index is 3.42. The molecule has 1 saturated heterocycles. The van der Waals surface area contributed by atoms with E-state index in [1.54, 1.807) is 4.88 Å². The third-order valence-electron chi connectivity index (χ3n) is 3.03. The highest BCUT2D eigenvalue weighted by Crippen LogP contribution is 2.29. The predicted octanol–water partition coefficient (Wildman–Crippen LogP) is 2.49. The van der Waals surface area contributed by atoms with Gasteiger partial charge in [-0.15, -0.1) is 11.3 Å². The molecule has 0 spiro atoms. The third-order valence-corrected chi connectivity index (χ3v) is 4.00. The highest BCUT2D eigenvalue weighted by atomic mass is 32.1. The lowest BCUT2D eigenvalue weighted by Crippen LogP contribution is -2.44. The molecular weight excluding hydrogens is 204 g/mol. The minimum Gasteiger partial charge on any atom is -0.314 e. The summed E-state index contributed by atoms with van der Waals surface area (Å²) in [6.07, 6.45) is 2.56. The fraction of sp³-hybridized carbons (Fsp3) is 0.667. The van der Waals surface area contributed by atoms with Crippen LogP contribution in [0, 0.1) is 0 Å². The molecule has 0 aliphatic carbocycles. The van der Waals surface area contributed by atoms with Gasteiger partial charge < -0.3 is 5.32 Å². The quantitative estimate of drug-likeness (QED) is 0.845. The highest BCUT2D eigenvalue weighted by molar-refractivity contribution is 7.10. The zero-order chi connectivity index (χ0) is 10.5. The first-order chi connectivity index (χ1) is 7.42. The Balaban J connectivity index is 2.04. The van der Waals surface area contributed by atoms with E-state index in [2.05, 4.69) is 34.7 Å². The molecule has 1 aromatic heterocycles. The van der Waals surface area contributed by atoms with E-state index < -0.39 is 0 Å². The maximum absolute atomic E-state index is 3.42. The van der Waals surface area contributed by atoms with Crippen molar-refractivity contribution in [2.24, 2.45) is 0 Å². The Bertz CT molecular complexity index is 265. The number of rotatable bonds is 4. The first-order valence-corrected chi connectivity index (χ1v) is 6.78. The van der Waals surface area contributed by atoms with Crippen molar-refractivity contribution in [2.45, 2.75) is 25.8 Å². The van der Waals surface area contributed by atoms with E-state index in [9.17, 15) is 0 Å². The second-order valence-corrected chi connectivity index (χ2v) is 5.09. The number of thiophene rings is 1. The molecule has 15 heavy (non-hydrogen) atoms. The third kappa shape index (κ3) is 2.80. The van der Waals surface area contributed by atoms with E-state index in [1.807, 2.05) is 11.3 Å². The Kier molecular flexibility index (Phi) is 4.18. The van der Waals surface area contributed by atoms with Gasteiger partial charge in [0, 0.05) is 37.1 Å². The van der Waals surface area contributed by atoms with E-state index in [4.69, 9.17) is 0 Å². The topological polar surface area (TPSA) is 15.3 Å². The molecule has 1 aromatic rings. The number of piperazine rings is 1. The molecule has 2 heterocycles. The van der Waals surface area contributed by atoms with Gasteiger partial charge >= 0.3 is 0 Å². The number of nitrogens with zero attached hydrogens (tertiary/aromatic N) is 1. The van der Waals surface area contributed by atoms with Gasteiger partial charge in [0.25, 0.3) is 0 Å². The van der Waals surface area contributed by atoms with Crippen LogP contribution in [0.2, 0.25) is 0 Å². The van der Waals surface area contributed by atoms with Crippen LogP contribution in [0.5, 0.6) is 0 Å². The van der Waals surface area contributed by atoms with Gasteiger partial charge in [0.15, 0.2) is 0 Å². The van der Waals surface area contributed by atoms with Crippen molar-refractivity contribution in [1.82, 2.24) is 10.2 Å². The van der Waals surface area contributed by atoms with Gasteiger partial charge in [-0.3, -0.25) is 4.90 Å². The van der Waals surface area contributed by atoms with Gasteiger partial charge in [-0.05, 0) is 17.9 Å². The van der Waals surface area contributed by atoms with Crippen molar-refractivity contribution in [1.29, 1.82) is 0 Å². The van der Waals surface area contributed by atoms with Gasteiger partial charge in [0.2, 0.25) is 0 Å². The van der Waals surface area contributed by atoms with Crippen LogP contribution in [0.3, 0.4) is 0 Å². The van der Waals surface area contributed by atoms with E-state index >= 15 is 0 Å². The highest BCUT2D eigenvalue weighted by Gasteiger charge is 2.21. The largest absolute Gasteiger partial charge is 0.314 e. The van der Waals surface area contributed by atoms with Gasteiger partial charge in [0.05, 0.1) is 0 Å². The Morgan fingerprint density at radius 1 is 1.47 bits per heavy atom. The van der Waals surface area contributed by atoms with Gasteiger partial charge in [-0.1, -0.05) is 19.4 Å². The number of hydrogen-bond acceptors (Lipinski definition) is 3. The first-order valence-electron chi connectivity index (χ1n) is 5.90. The summed E-state index contributed by atoms with van der Waals surface area (Å²) in [5.74, 6) is 0. The lowest BCUT2D eigenvalue weighted by Gasteiger charge is -2.34. The molecule has 1 fully saturated rings. The van der Waals surface area contributed by atoms with Crippen LogP contribution in [0.15, 0.2) is 17.5 Å². The lowest BCUT2D eigenvalue weighted by atomic mass is 10.1. The molecule has 1 aliphatic heterocycles. The molecule has 0 unspecified atom stereocenters. The molecule has 0 aromatic carbocycles. The minimum absolute atomic E-state index is 0.664. The average molecular weight is 224 g/mol. The summed E-state index contributed by atoms with van der Waals surface area (Å²) in [5.41, 5.74) is 0. The fourth-order valence-corrected chi connectivity index (χ4v) is 3.15. The Labute approximate surface area is 96.3 Å². The molecule has 2 rings (SSSR count). The van der Waals surface area contributed by atoms with Crippen molar-refractivity contribution in [3.8, 4) is 0 Å². The molecule has 1 N–H and O–H groups in total. The van der Waals surface area contributed by atoms with Crippen molar-refractivity contribution in [3.63, 3.8) is 0 Å². The number of nitrogens with one attached hydrogen (secondary N) is 1. The summed E-state index contributed by atoms with van der Waals surface area (Å²) in [6.45, 7) is 6.96. The average Bonchev–Trinajstić information content (AvgIpc) is 2.80. The molecule has 1 atom stereocenters. The number of hydrogen-bond donors (Lipinski definition) is 1. The summed E-state index contributed by atoms with van der Waals surface area (Å²) < 4.78 is 0. The summed E-state index contributed by atoms with van der Waals surface area (Å²) in [7, 11) is 0. The standard InChI is InChI=1S/C12H20N2S/c1-2-4-11(12-5-3-10-15-12)14-8-6-13-7-9-14/h3,5,10-11,13H,2,4,6-9H2,1H3/t11-/m1/s1. The van der Waals surface area contributed by atoms with E-state index in [0.717, 1.165) is 13.1 Å². The minimum atomic E-state index is 0.664. The van der Waals surface area contributed by atoms with E-state index in [-0.39, 0.29) is 0 Å². The van der Waals surface area contributed by atoms with Crippen LogP contribution < -0.4 is 5.32 Å². The smallest absolute Gasteiger partial charge is 0.0442 e. The van der Waals surface area contributed by atoms with Crippen LogP contribution >= 0.6 is 11.3 Å². The lowest BCUT2D eigenvalue weighted by molar-refractivity contribution is 0.167. The van der Waals surface area contributed by atoms with Crippen molar-refractivity contribution >= 4 is 11.3 Å². The molecule has 0 amide bonds. The Morgan fingerprint density at radius 3 is 2.87 bits per heavy atom.